The second-order valence-electron chi connectivity index (χ2n) is 26.8. The van der Waals surface area contributed by atoms with Crippen molar-refractivity contribution in [2.75, 3.05) is 9.80 Å². The topological polar surface area (TPSA) is 32.3 Å². The Morgan fingerprint density at radius 1 is 0.218 bits per heavy atom. The van der Waals surface area contributed by atoms with Crippen molar-refractivity contribution in [2.45, 2.75) is 0 Å². The normalized spacial score (nSPS) is 12.3. The summed E-state index contributed by atoms with van der Waals surface area (Å²) in [7, 11) is 0. The summed E-state index contributed by atoms with van der Waals surface area (Å²) in [6.45, 7) is -0.245. The Morgan fingerprint density at radius 2 is 0.545 bits per heavy atom. The molecule has 0 aliphatic carbocycles. The van der Waals surface area contributed by atoms with E-state index < -0.39 is 0 Å². The minimum atomic E-state index is -0.245. The van der Waals surface area contributed by atoms with Gasteiger partial charge in [-0.05, 0) is 213 Å². The molecule has 0 unspecified atom stereocenters. The second kappa shape index (κ2) is 23.8. The average Bonchev–Trinajstić information content (AvgIpc) is 0.683. The van der Waals surface area contributed by atoms with Crippen LogP contribution in [-0.4, -0.2) is 16.7 Å². The van der Waals surface area contributed by atoms with Gasteiger partial charge in [0.1, 0.15) is 0 Å². The number of hydrogen-bond donors (Lipinski definition) is 0. The molecule has 101 heavy (non-hydrogen) atoms. The predicted octanol–water partition coefficient (Wildman–Crippen LogP) is 23.7. The molecule has 0 saturated heterocycles. The van der Waals surface area contributed by atoms with Gasteiger partial charge in [-0.25, -0.2) is 9.97 Å². The largest absolute Gasteiger partial charge is 0.311 e. The number of anilines is 6. The monoisotopic (exact) mass is 1280 g/mol. The minimum absolute atomic E-state index is 0.245. The summed E-state index contributed by atoms with van der Waals surface area (Å²) in [5.74, 6) is 0.643. The highest BCUT2D eigenvalue weighted by atomic mass is 15.2. The first-order valence-corrected chi connectivity index (χ1v) is 34.8. The highest BCUT2D eigenvalue weighted by Crippen LogP contribution is 2.52. The molecule has 0 N–H and O–H groups in total. The van der Waals surface area contributed by atoms with Gasteiger partial charge in [-0.3, -0.25) is 0 Å². The molecule has 3 heterocycles. The maximum atomic E-state index is 5.99. The van der Waals surface area contributed by atoms with Gasteiger partial charge in [0, 0.05) is 61.4 Å². The summed E-state index contributed by atoms with van der Waals surface area (Å²) >= 11 is 0. The molecule has 20 rings (SSSR count). The molecule has 0 spiro atoms. The van der Waals surface area contributed by atoms with E-state index in [1.165, 1.54) is 59.5 Å². The third-order valence-electron chi connectivity index (χ3n) is 20.8. The van der Waals surface area contributed by atoms with Gasteiger partial charge in [-0.2, -0.15) is 0 Å². The van der Waals surface area contributed by atoms with Crippen LogP contribution >= 0.6 is 0 Å². The van der Waals surface area contributed by atoms with Crippen molar-refractivity contribution in [1.29, 1.82) is 0 Å². The first kappa shape index (κ1) is 58.0. The van der Waals surface area contributed by atoms with Gasteiger partial charge in [0.15, 0.2) is 5.82 Å². The number of rotatable bonds is 10. The highest BCUT2D eigenvalue weighted by Gasteiger charge is 2.45. The third kappa shape index (κ3) is 10.00. The van der Waals surface area contributed by atoms with Gasteiger partial charge in [-0.15, -0.1) is 0 Å². The Hall–Kier alpha value is -13.2. The zero-order valence-corrected chi connectivity index (χ0v) is 55.1. The van der Waals surface area contributed by atoms with E-state index in [0.29, 0.717) is 5.82 Å². The molecule has 0 radical (unpaired) electrons. The van der Waals surface area contributed by atoms with Crippen LogP contribution in [0.4, 0.5) is 34.1 Å². The molecular formula is C96H61BN4. The van der Waals surface area contributed by atoms with Gasteiger partial charge < -0.3 is 9.80 Å². The molecule has 0 fully saturated rings. The summed E-state index contributed by atoms with van der Waals surface area (Å²) in [4.78, 5) is 16.8. The van der Waals surface area contributed by atoms with Gasteiger partial charge >= 0.3 is 0 Å². The molecule has 0 saturated carbocycles. The second-order valence-corrected chi connectivity index (χ2v) is 26.8. The zero-order valence-electron chi connectivity index (χ0n) is 55.1. The van der Waals surface area contributed by atoms with Crippen LogP contribution in [0.1, 0.15) is 0 Å². The van der Waals surface area contributed by atoms with Crippen molar-refractivity contribution in [2.24, 2.45) is 0 Å². The molecule has 18 aromatic rings. The molecule has 17 aromatic carbocycles. The molecule has 4 nitrogen and oxygen atoms in total. The van der Waals surface area contributed by atoms with Crippen LogP contribution in [-0.2, 0) is 0 Å². The average molecular weight is 1280 g/mol. The van der Waals surface area contributed by atoms with Crippen LogP contribution in [0, 0.1) is 0 Å². The van der Waals surface area contributed by atoms with Crippen molar-refractivity contribution in [3.05, 3.63) is 370 Å². The van der Waals surface area contributed by atoms with E-state index in [2.05, 4.69) is 380 Å². The molecule has 2 aliphatic rings. The van der Waals surface area contributed by atoms with E-state index in [9.17, 15) is 0 Å². The maximum Gasteiger partial charge on any atom is 0.252 e. The quantitative estimate of drug-likeness (QED) is 0.101. The molecular weight excluding hydrogens is 1220 g/mol. The zero-order chi connectivity index (χ0) is 66.5. The summed E-state index contributed by atoms with van der Waals surface area (Å²) in [6, 6.07) is 137. The lowest BCUT2D eigenvalue weighted by Crippen LogP contribution is -2.61. The Morgan fingerprint density at radius 3 is 0.931 bits per heavy atom. The highest BCUT2D eigenvalue weighted by molar-refractivity contribution is 7.01. The Bertz CT molecular complexity index is 5870. The molecule has 0 atom stereocenters. The van der Waals surface area contributed by atoms with Crippen LogP contribution < -0.4 is 26.2 Å². The van der Waals surface area contributed by atoms with Crippen LogP contribution in [0.15, 0.2) is 370 Å². The van der Waals surface area contributed by atoms with Gasteiger partial charge in [0.2, 0.25) is 0 Å². The van der Waals surface area contributed by atoms with E-state index in [1.54, 1.807) is 0 Å². The van der Waals surface area contributed by atoms with Crippen LogP contribution in [0.5, 0.6) is 0 Å². The van der Waals surface area contributed by atoms with E-state index in [-0.39, 0.29) is 6.71 Å². The summed E-state index contributed by atoms with van der Waals surface area (Å²) in [6.07, 6.45) is 0. The van der Waals surface area contributed by atoms with Crippen LogP contribution in [0.2, 0.25) is 0 Å². The lowest BCUT2D eigenvalue weighted by atomic mass is 9.33. The molecule has 2 aliphatic heterocycles. The Balaban J connectivity index is 0.955. The fourth-order valence-electron chi connectivity index (χ4n) is 16.1. The number of fused-ring (bicyclic) bond motifs is 11. The number of benzene rings is 17. The predicted molar refractivity (Wildman–Crippen MR) is 427 cm³/mol. The SMILES string of the molecule is c1ccc(-c2cc(-c3ccccc3)cc(-c3nc(-c4cc5c6c(c4)N(c4cc(-c7ccccc7)cc(-c7ccccc7)c4)c4c(ccc7cc8ccccc8cc47)B6c4ccc6cc7ccccc7cc6c4N5c4cc(-c5ccccc5)cc(-c5ccccc5)c4)c4ccccc4n3)c2)cc1. The fourth-order valence-corrected chi connectivity index (χ4v) is 16.1. The summed E-state index contributed by atoms with van der Waals surface area (Å²) in [5.41, 5.74) is 27.2. The standard InChI is InChI=1S/C96H61BN4/c1-7-25-62(26-8-1)74-49-75(63-27-9-2-10-28-63)53-81(52-74)96-98-89-42-24-23-41-84(89)93(99-96)80-60-90-92-91(61-80)101(83-56-78(66-33-15-5-16-34-66)51-79(57-83)67-35-17-6-18-36-67)95-86-59-71-40-22-20-38-69(71)48-73(86)44-46-88(95)97(92)87-45-43-72-47-68-37-19-21-39-70(68)58-85(72)94(87)100(90)82-54-76(64-29-11-3-12-30-64)50-77(55-82)65-31-13-4-14-32-65/h1-61H. The minimum Gasteiger partial charge on any atom is -0.311 e. The molecule has 0 amide bonds. The lowest BCUT2D eigenvalue weighted by Gasteiger charge is -2.45. The Kier molecular flexibility index (Phi) is 13.7. The van der Waals surface area contributed by atoms with Crippen molar-refractivity contribution in [3.8, 4) is 89.4 Å². The van der Waals surface area contributed by atoms with Crippen molar-refractivity contribution in [3.63, 3.8) is 0 Å². The van der Waals surface area contributed by atoms with Gasteiger partial charge in [0.25, 0.3) is 6.71 Å². The van der Waals surface area contributed by atoms with E-state index in [0.717, 1.165) is 129 Å². The Labute approximate surface area is 586 Å². The number of para-hydroxylation sites is 1. The molecule has 0 bridgehead atoms. The van der Waals surface area contributed by atoms with Crippen LogP contribution in [0.3, 0.4) is 0 Å². The van der Waals surface area contributed by atoms with E-state index in [4.69, 9.17) is 9.97 Å². The van der Waals surface area contributed by atoms with E-state index >= 15 is 0 Å². The number of nitrogens with zero attached hydrogens (tertiary/aromatic N) is 4. The fraction of sp³-hybridized carbons (Fsp3) is 0. The first-order valence-electron chi connectivity index (χ1n) is 34.8. The van der Waals surface area contributed by atoms with Crippen molar-refractivity contribution in [1.82, 2.24) is 9.97 Å². The number of aromatic nitrogens is 2. The van der Waals surface area contributed by atoms with Gasteiger partial charge in [0.05, 0.1) is 11.2 Å². The first-order chi connectivity index (χ1) is 50.0. The summed E-state index contributed by atoms with van der Waals surface area (Å²) < 4.78 is 0. The maximum absolute atomic E-state index is 5.99. The van der Waals surface area contributed by atoms with Crippen molar-refractivity contribution >= 4 is 111 Å². The molecule has 468 valence electrons. The molecule has 5 heteroatoms. The van der Waals surface area contributed by atoms with Gasteiger partial charge in [-0.1, -0.05) is 273 Å². The summed E-state index contributed by atoms with van der Waals surface area (Å²) in [5, 5.41) is 10.4. The third-order valence-corrected chi connectivity index (χ3v) is 20.8. The van der Waals surface area contributed by atoms with Crippen LogP contribution in [0.25, 0.3) is 143 Å². The van der Waals surface area contributed by atoms with E-state index in [1.807, 2.05) is 0 Å². The smallest absolute Gasteiger partial charge is 0.252 e. The van der Waals surface area contributed by atoms with Crippen molar-refractivity contribution < 1.29 is 0 Å². The lowest BCUT2D eigenvalue weighted by molar-refractivity contribution is 1.22. The number of hydrogen-bond acceptors (Lipinski definition) is 4. The molecule has 1 aromatic heterocycles.